The minimum absolute atomic E-state index is 0.796. The quantitative estimate of drug-likeness (QED) is 0.686. The first-order chi connectivity index (χ1) is 10.8. The van der Waals surface area contributed by atoms with Gasteiger partial charge < -0.3 is 0 Å². The fourth-order valence-corrected chi connectivity index (χ4v) is 5.36. The lowest BCUT2D eigenvalue weighted by atomic mass is 9.86. The van der Waals surface area contributed by atoms with Crippen LogP contribution in [-0.4, -0.2) is 25.0 Å². The van der Waals surface area contributed by atoms with Crippen LogP contribution in [0, 0.1) is 11.8 Å². The van der Waals surface area contributed by atoms with Crippen LogP contribution in [-0.2, 0) is 0 Å². The molecule has 2 bridgehead atoms. The molecule has 1 heterocycles. The lowest BCUT2D eigenvalue weighted by molar-refractivity contribution is 0.386. The van der Waals surface area contributed by atoms with E-state index in [1.54, 1.807) is 11.1 Å². The van der Waals surface area contributed by atoms with E-state index >= 15 is 0 Å². The minimum Gasteiger partial charge on any atom is -0.299 e. The van der Waals surface area contributed by atoms with E-state index in [4.69, 9.17) is 0 Å². The molecule has 0 N–H and O–H groups in total. The van der Waals surface area contributed by atoms with Crippen molar-refractivity contribution in [2.45, 2.75) is 19.3 Å². The highest BCUT2D eigenvalue weighted by Crippen LogP contribution is 2.53. The Morgan fingerprint density at radius 1 is 1.27 bits per heavy atom. The Balaban J connectivity index is 1.80. The number of allylic oxidation sites excluding steroid dienone is 1. The van der Waals surface area contributed by atoms with Crippen LogP contribution in [0.5, 0.6) is 0 Å². The molecule has 4 rings (SSSR count). The molecule has 0 amide bonds. The highest BCUT2D eigenvalue weighted by molar-refractivity contribution is 7.17. The summed E-state index contributed by atoms with van der Waals surface area (Å²) in [5.41, 5.74) is 4.91. The molecule has 2 heteroatoms. The third kappa shape index (κ3) is 2.26. The molecule has 1 aromatic heterocycles. The Bertz CT molecular complexity index is 739. The van der Waals surface area contributed by atoms with Gasteiger partial charge in [0.2, 0.25) is 0 Å². The van der Waals surface area contributed by atoms with Gasteiger partial charge in [0.15, 0.2) is 0 Å². The number of benzene rings is 1. The van der Waals surface area contributed by atoms with Crippen LogP contribution in [0.1, 0.15) is 24.8 Å². The fourth-order valence-electron chi connectivity index (χ4n) is 4.43. The van der Waals surface area contributed by atoms with Gasteiger partial charge in [-0.1, -0.05) is 24.3 Å². The van der Waals surface area contributed by atoms with E-state index in [1.165, 1.54) is 34.9 Å². The number of likely N-dealkylation sites (N-methyl/N-ethyl adjacent to an activating group) is 1. The first-order valence-electron chi connectivity index (χ1n) is 8.27. The van der Waals surface area contributed by atoms with Crippen LogP contribution >= 0.6 is 11.3 Å². The number of rotatable bonds is 5. The Morgan fingerprint density at radius 3 is 3.00 bits per heavy atom. The average Bonchev–Trinajstić information content (AvgIpc) is 3.22. The fraction of sp³-hybridized carbons (Fsp3) is 0.400. The Kier molecular flexibility index (Phi) is 3.67. The standard InChI is InChI=1S/C20H23NS/c1-3-10-21(2)13-18-15-7-8-16(12-15)19(18)17-6-4-5-14-9-11-22-20(14)17/h3-6,9,11,15-16H,1,7-8,10,12-13H2,2H3. The summed E-state index contributed by atoms with van der Waals surface area (Å²) in [5.74, 6) is 1.62. The molecule has 2 aliphatic carbocycles. The van der Waals surface area contributed by atoms with Gasteiger partial charge >= 0.3 is 0 Å². The van der Waals surface area contributed by atoms with E-state index in [2.05, 4.69) is 48.2 Å². The summed E-state index contributed by atoms with van der Waals surface area (Å²) in [6.45, 7) is 5.95. The Hall–Kier alpha value is -1.38. The number of thiophene rings is 1. The monoisotopic (exact) mass is 309 g/mol. The van der Waals surface area contributed by atoms with Gasteiger partial charge in [-0.3, -0.25) is 4.90 Å². The maximum Gasteiger partial charge on any atom is 0.0417 e. The summed E-state index contributed by atoms with van der Waals surface area (Å²) < 4.78 is 1.48. The van der Waals surface area contributed by atoms with E-state index < -0.39 is 0 Å². The second kappa shape index (κ2) is 5.68. The number of hydrogen-bond acceptors (Lipinski definition) is 2. The molecular formula is C20H23NS. The summed E-state index contributed by atoms with van der Waals surface area (Å²) >= 11 is 1.90. The molecule has 1 fully saturated rings. The molecule has 0 radical (unpaired) electrons. The molecule has 1 saturated carbocycles. The normalized spacial score (nSPS) is 23.9. The maximum atomic E-state index is 3.88. The van der Waals surface area contributed by atoms with E-state index in [9.17, 15) is 0 Å². The number of nitrogens with zero attached hydrogens (tertiary/aromatic N) is 1. The van der Waals surface area contributed by atoms with Gasteiger partial charge in [-0.2, -0.15) is 0 Å². The second-order valence-corrected chi connectivity index (χ2v) is 7.69. The highest BCUT2D eigenvalue weighted by atomic mass is 32.1. The zero-order valence-electron chi connectivity index (χ0n) is 13.2. The van der Waals surface area contributed by atoms with Crippen molar-refractivity contribution in [2.24, 2.45) is 11.8 Å². The summed E-state index contributed by atoms with van der Waals surface area (Å²) in [5, 5.41) is 3.63. The van der Waals surface area contributed by atoms with Crippen molar-refractivity contribution in [2.75, 3.05) is 20.1 Å². The van der Waals surface area contributed by atoms with Gasteiger partial charge in [0, 0.05) is 17.8 Å². The van der Waals surface area contributed by atoms with Gasteiger partial charge in [0.1, 0.15) is 0 Å². The van der Waals surface area contributed by atoms with Gasteiger partial charge in [0.05, 0.1) is 0 Å². The molecule has 0 aliphatic heterocycles. The summed E-state index contributed by atoms with van der Waals surface area (Å²) in [7, 11) is 2.21. The third-order valence-electron chi connectivity index (χ3n) is 5.33. The molecule has 0 spiro atoms. The van der Waals surface area contributed by atoms with Crippen molar-refractivity contribution in [3.8, 4) is 0 Å². The number of fused-ring (bicyclic) bond motifs is 3. The van der Waals surface area contributed by atoms with Crippen molar-refractivity contribution in [3.05, 3.63) is 53.4 Å². The van der Waals surface area contributed by atoms with Crippen molar-refractivity contribution in [3.63, 3.8) is 0 Å². The number of hydrogen-bond donors (Lipinski definition) is 0. The van der Waals surface area contributed by atoms with Gasteiger partial charge in [-0.05, 0) is 71.7 Å². The molecule has 2 atom stereocenters. The van der Waals surface area contributed by atoms with Gasteiger partial charge in [-0.15, -0.1) is 17.9 Å². The van der Waals surface area contributed by atoms with Crippen molar-refractivity contribution < 1.29 is 0 Å². The molecule has 22 heavy (non-hydrogen) atoms. The molecule has 114 valence electrons. The lowest BCUT2D eigenvalue weighted by Crippen LogP contribution is -2.23. The van der Waals surface area contributed by atoms with Gasteiger partial charge in [0.25, 0.3) is 0 Å². The van der Waals surface area contributed by atoms with Crippen molar-refractivity contribution in [1.29, 1.82) is 0 Å². The van der Waals surface area contributed by atoms with Crippen LogP contribution in [0.4, 0.5) is 0 Å². The van der Waals surface area contributed by atoms with E-state index in [-0.39, 0.29) is 0 Å². The maximum absolute atomic E-state index is 3.88. The van der Waals surface area contributed by atoms with E-state index in [1.807, 2.05) is 17.4 Å². The van der Waals surface area contributed by atoms with E-state index in [0.29, 0.717) is 0 Å². The van der Waals surface area contributed by atoms with Crippen LogP contribution in [0.15, 0.2) is 47.9 Å². The Morgan fingerprint density at radius 2 is 2.14 bits per heavy atom. The molecular weight excluding hydrogens is 286 g/mol. The lowest BCUT2D eigenvalue weighted by Gasteiger charge is -2.24. The summed E-state index contributed by atoms with van der Waals surface area (Å²) in [6, 6.07) is 9.07. The Labute approximate surface area is 137 Å². The van der Waals surface area contributed by atoms with Crippen LogP contribution in [0.25, 0.3) is 15.7 Å². The van der Waals surface area contributed by atoms with Crippen LogP contribution < -0.4 is 0 Å². The summed E-state index contributed by atoms with van der Waals surface area (Å²) in [6.07, 6.45) is 6.17. The predicted molar refractivity (Wildman–Crippen MR) is 97.3 cm³/mol. The van der Waals surface area contributed by atoms with Crippen LogP contribution in [0.3, 0.4) is 0 Å². The molecule has 1 nitrogen and oxygen atoms in total. The molecule has 0 saturated heterocycles. The molecule has 2 unspecified atom stereocenters. The first-order valence-corrected chi connectivity index (χ1v) is 9.15. The average molecular weight is 309 g/mol. The molecule has 2 aliphatic rings. The van der Waals surface area contributed by atoms with E-state index in [0.717, 1.165) is 24.9 Å². The predicted octanol–water partition coefficient (Wildman–Crippen LogP) is 5.20. The van der Waals surface area contributed by atoms with Crippen molar-refractivity contribution in [1.82, 2.24) is 4.90 Å². The van der Waals surface area contributed by atoms with Crippen LogP contribution in [0.2, 0.25) is 0 Å². The largest absolute Gasteiger partial charge is 0.299 e. The highest BCUT2D eigenvalue weighted by Gasteiger charge is 2.39. The summed E-state index contributed by atoms with van der Waals surface area (Å²) in [4.78, 5) is 2.40. The first kappa shape index (κ1) is 14.2. The minimum atomic E-state index is 0.796. The topological polar surface area (TPSA) is 3.24 Å². The second-order valence-electron chi connectivity index (χ2n) is 6.78. The van der Waals surface area contributed by atoms with Crippen molar-refractivity contribution >= 4 is 27.0 Å². The molecule has 2 aromatic rings. The zero-order valence-corrected chi connectivity index (χ0v) is 14.0. The smallest absolute Gasteiger partial charge is 0.0417 e. The molecule has 1 aromatic carbocycles. The SMILES string of the molecule is C=CCN(C)CC1=C(c2cccc3ccsc23)C2CCC1C2. The third-order valence-corrected chi connectivity index (χ3v) is 6.29. The van der Waals surface area contributed by atoms with Gasteiger partial charge in [-0.25, -0.2) is 0 Å². The zero-order chi connectivity index (χ0) is 15.1.